The molecule has 0 aliphatic heterocycles. The molecule has 0 amide bonds. The number of anilines is 2. The number of hydrogen-bond donors (Lipinski definition) is 2. The molecule has 8 nitrogen and oxygen atoms in total. The Morgan fingerprint density at radius 2 is 2.39 bits per heavy atom. The number of hydrogen-bond acceptors (Lipinski definition) is 7. The zero-order valence-corrected chi connectivity index (χ0v) is 10.0. The summed E-state index contributed by atoms with van der Waals surface area (Å²) in [6, 6.07) is 0.232. The fourth-order valence-electron chi connectivity index (χ4n) is 1.78. The molecule has 2 N–H and O–H groups in total. The van der Waals surface area contributed by atoms with Crippen LogP contribution in [0.1, 0.15) is 12.8 Å². The van der Waals surface area contributed by atoms with E-state index < -0.39 is 4.92 Å². The lowest BCUT2D eigenvalue weighted by atomic mass is 10.4. The number of nitro groups is 1. The standard InChI is InChI=1S/C10H15N5O3/c1-11-10-12-6-8(15(17)18)9(13-10)14(4-5-16)7-2-3-7/h6-7,16H,2-5H2,1H3,(H,11,12,13). The van der Waals surface area contributed by atoms with Crippen molar-refractivity contribution in [2.75, 3.05) is 30.4 Å². The Hall–Kier alpha value is -1.96. The van der Waals surface area contributed by atoms with Crippen LogP contribution in [0.5, 0.6) is 0 Å². The summed E-state index contributed by atoms with van der Waals surface area (Å²) in [6.07, 6.45) is 3.13. The van der Waals surface area contributed by atoms with Crippen molar-refractivity contribution in [3.63, 3.8) is 0 Å². The van der Waals surface area contributed by atoms with Crippen LogP contribution in [0.25, 0.3) is 0 Å². The third-order valence-electron chi connectivity index (χ3n) is 2.77. The summed E-state index contributed by atoms with van der Waals surface area (Å²) in [5, 5.41) is 22.8. The lowest BCUT2D eigenvalue weighted by molar-refractivity contribution is -0.384. The van der Waals surface area contributed by atoms with Gasteiger partial charge in [0.1, 0.15) is 6.20 Å². The van der Waals surface area contributed by atoms with Gasteiger partial charge >= 0.3 is 5.69 Å². The Kier molecular flexibility index (Phi) is 3.56. The Morgan fingerprint density at radius 3 is 2.89 bits per heavy atom. The molecule has 8 heteroatoms. The second-order valence-corrected chi connectivity index (χ2v) is 4.06. The van der Waals surface area contributed by atoms with E-state index in [1.807, 2.05) is 0 Å². The van der Waals surface area contributed by atoms with Gasteiger partial charge in [0.2, 0.25) is 11.8 Å². The van der Waals surface area contributed by atoms with E-state index in [-0.39, 0.29) is 24.2 Å². The Bertz CT molecular complexity index is 449. The first kappa shape index (κ1) is 12.5. The number of nitrogens with zero attached hydrogens (tertiary/aromatic N) is 4. The molecule has 98 valence electrons. The van der Waals surface area contributed by atoms with Crippen molar-refractivity contribution in [1.82, 2.24) is 9.97 Å². The van der Waals surface area contributed by atoms with E-state index in [1.54, 1.807) is 11.9 Å². The summed E-state index contributed by atoms with van der Waals surface area (Å²) in [4.78, 5) is 20.3. The predicted octanol–water partition coefficient (Wildman–Crippen LogP) is 0.388. The average Bonchev–Trinajstić information content (AvgIpc) is 3.19. The molecule has 0 saturated heterocycles. The molecule has 0 aromatic carbocycles. The van der Waals surface area contributed by atoms with Crippen molar-refractivity contribution in [2.45, 2.75) is 18.9 Å². The van der Waals surface area contributed by atoms with Gasteiger partial charge in [-0.25, -0.2) is 4.98 Å². The molecule has 18 heavy (non-hydrogen) atoms. The molecule has 1 aliphatic carbocycles. The first-order valence-electron chi connectivity index (χ1n) is 5.74. The quantitative estimate of drug-likeness (QED) is 0.558. The van der Waals surface area contributed by atoms with Crippen molar-refractivity contribution in [3.8, 4) is 0 Å². The molecular formula is C10H15N5O3. The molecule has 1 aliphatic rings. The van der Waals surface area contributed by atoms with E-state index in [0.29, 0.717) is 12.5 Å². The van der Waals surface area contributed by atoms with Crippen LogP contribution < -0.4 is 10.2 Å². The maximum Gasteiger partial charge on any atom is 0.329 e. The third kappa shape index (κ3) is 2.48. The molecule has 1 saturated carbocycles. The summed E-state index contributed by atoms with van der Waals surface area (Å²) >= 11 is 0. The van der Waals surface area contributed by atoms with E-state index >= 15 is 0 Å². The highest BCUT2D eigenvalue weighted by molar-refractivity contribution is 5.60. The van der Waals surface area contributed by atoms with Gasteiger partial charge in [-0.2, -0.15) is 4.98 Å². The minimum Gasteiger partial charge on any atom is -0.395 e. The van der Waals surface area contributed by atoms with E-state index in [9.17, 15) is 10.1 Å². The highest BCUT2D eigenvalue weighted by Gasteiger charge is 2.34. The zero-order chi connectivity index (χ0) is 13.1. The normalized spacial score (nSPS) is 14.3. The van der Waals surface area contributed by atoms with Crippen LogP contribution in [0.4, 0.5) is 17.5 Å². The maximum atomic E-state index is 11.0. The molecule has 1 heterocycles. The average molecular weight is 253 g/mol. The van der Waals surface area contributed by atoms with Crippen molar-refractivity contribution in [2.24, 2.45) is 0 Å². The van der Waals surface area contributed by atoms with Crippen LogP contribution in [0, 0.1) is 10.1 Å². The maximum absolute atomic E-state index is 11.0. The minimum absolute atomic E-state index is 0.0630. The number of aromatic nitrogens is 2. The second kappa shape index (κ2) is 5.13. The van der Waals surface area contributed by atoms with Crippen LogP contribution in [-0.2, 0) is 0 Å². The number of aliphatic hydroxyl groups excluding tert-OH is 1. The summed E-state index contributed by atoms with van der Waals surface area (Å²) in [5.41, 5.74) is -0.130. The van der Waals surface area contributed by atoms with Crippen LogP contribution >= 0.6 is 0 Å². The van der Waals surface area contributed by atoms with Gasteiger partial charge in [0, 0.05) is 19.6 Å². The molecule has 0 bridgehead atoms. The molecule has 0 spiro atoms. The summed E-state index contributed by atoms with van der Waals surface area (Å²) in [6.45, 7) is 0.276. The van der Waals surface area contributed by atoms with Gasteiger partial charge in [0.25, 0.3) is 0 Å². The lowest BCUT2D eigenvalue weighted by Gasteiger charge is -2.22. The smallest absolute Gasteiger partial charge is 0.329 e. The molecule has 0 atom stereocenters. The van der Waals surface area contributed by atoms with E-state index in [0.717, 1.165) is 12.8 Å². The fraction of sp³-hybridized carbons (Fsp3) is 0.600. The molecule has 1 aromatic rings. The third-order valence-corrected chi connectivity index (χ3v) is 2.77. The van der Waals surface area contributed by atoms with Crippen LogP contribution in [-0.4, -0.2) is 46.2 Å². The minimum atomic E-state index is -0.498. The van der Waals surface area contributed by atoms with Gasteiger partial charge < -0.3 is 15.3 Å². The molecule has 1 aromatic heterocycles. The monoisotopic (exact) mass is 253 g/mol. The van der Waals surface area contributed by atoms with Gasteiger partial charge in [0.15, 0.2) is 0 Å². The summed E-state index contributed by atoms with van der Waals surface area (Å²) in [7, 11) is 1.65. The largest absolute Gasteiger partial charge is 0.395 e. The number of nitrogens with one attached hydrogen (secondary N) is 1. The zero-order valence-electron chi connectivity index (χ0n) is 10.0. The Labute approximate surface area is 104 Å². The SMILES string of the molecule is CNc1ncc([N+](=O)[O-])c(N(CCO)C2CC2)n1. The number of rotatable bonds is 6. The molecular weight excluding hydrogens is 238 g/mol. The van der Waals surface area contributed by atoms with E-state index in [4.69, 9.17) is 5.11 Å². The van der Waals surface area contributed by atoms with Crippen molar-refractivity contribution in [3.05, 3.63) is 16.3 Å². The van der Waals surface area contributed by atoms with Gasteiger partial charge in [-0.1, -0.05) is 0 Å². The Balaban J connectivity index is 2.40. The first-order chi connectivity index (χ1) is 8.67. The van der Waals surface area contributed by atoms with Crippen molar-refractivity contribution >= 4 is 17.5 Å². The van der Waals surface area contributed by atoms with E-state index in [1.165, 1.54) is 6.20 Å². The highest BCUT2D eigenvalue weighted by atomic mass is 16.6. The summed E-state index contributed by atoms with van der Waals surface area (Å²) < 4.78 is 0. The molecule has 0 unspecified atom stereocenters. The van der Waals surface area contributed by atoms with E-state index in [2.05, 4.69) is 15.3 Å². The predicted molar refractivity (Wildman–Crippen MR) is 65.7 cm³/mol. The fourth-order valence-corrected chi connectivity index (χ4v) is 1.78. The van der Waals surface area contributed by atoms with Gasteiger partial charge in [0.05, 0.1) is 11.5 Å². The molecule has 0 radical (unpaired) electrons. The lowest BCUT2D eigenvalue weighted by Crippen LogP contribution is -2.30. The highest BCUT2D eigenvalue weighted by Crippen LogP contribution is 2.35. The van der Waals surface area contributed by atoms with Crippen LogP contribution in [0.3, 0.4) is 0 Å². The topological polar surface area (TPSA) is 104 Å². The molecule has 2 rings (SSSR count). The van der Waals surface area contributed by atoms with Crippen molar-refractivity contribution < 1.29 is 10.0 Å². The van der Waals surface area contributed by atoms with Crippen LogP contribution in [0.2, 0.25) is 0 Å². The first-order valence-corrected chi connectivity index (χ1v) is 5.74. The number of aliphatic hydroxyl groups is 1. The summed E-state index contributed by atoms with van der Waals surface area (Å²) in [5.74, 6) is 0.607. The second-order valence-electron chi connectivity index (χ2n) is 4.06. The van der Waals surface area contributed by atoms with Crippen molar-refractivity contribution in [1.29, 1.82) is 0 Å². The van der Waals surface area contributed by atoms with Gasteiger partial charge in [-0.05, 0) is 12.8 Å². The van der Waals surface area contributed by atoms with Gasteiger partial charge in [-0.3, -0.25) is 10.1 Å². The van der Waals surface area contributed by atoms with Crippen LogP contribution in [0.15, 0.2) is 6.20 Å². The Morgan fingerprint density at radius 1 is 1.67 bits per heavy atom. The molecule has 1 fully saturated rings. The van der Waals surface area contributed by atoms with Gasteiger partial charge in [-0.15, -0.1) is 0 Å².